The summed E-state index contributed by atoms with van der Waals surface area (Å²) in [7, 11) is 0. The molecule has 1 aliphatic carbocycles. The predicted octanol–water partition coefficient (Wildman–Crippen LogP) is 2.96. The van der Waals surface area contributed by atoms with Gasteiger partial charge in [-0.05, 0) is 68.7 Å². The van der Waals surface area contributed by atoms with E-state index < -0.39 is 0 Å². The third kappa shape index (κ3) is 2.82. The van der Waals surface area contributed by atoms with Crippen LogP contribution in [0, 0.1) is 0 Å². The fourth-order valence-corrected chi connectivity index (χ4v) is 3.33. The van der Waals surface area contributed by atoms with Crippen molar-refractivity contribution < 1.29 is 9.53 Å². The first kappa shape index (κ1) is 13.5. The molecule has 1 aliphatic heterocycles. The van der Waals surface area contributed by atoms with Crippen LogP contribution in [0.15, 0.2) is 18.2 Å². The number of carbonyl (C=O) groups excluding carboxylic acids is 1. The summed E-state index contributed by atoms with van der Waals surface area (Å²) >= 11 is 0. The van der Waals surface area contributed by atoms with Gasteiger partial charge in [-0.3, -0.25) is 4.79 Å². The van der Waals surface area contributed by atoms with Gasteiger partial charge < -0.3 is 9.64 Å². The van der Waals surface area contributed by atoms with Gasteiger partial charge in [-0.2, -0.15) is 0 Å². The molecule has 20 heavy (non-hydrogen) atoms. The van der Waals surface area contributed by atoms with Gasteiger partial charge in [0.1, 0.15) is 5.75 Å². The number of hydrogen-bond donors (Lipinski definition) is 0. The van der Waals surface area contributed by atoms with E-state index in [-0.39, 0.29) is 12.5 Å². The van der Waals surface area contributed by atoms with Crippen molar-refractivity contribution in [3.05, 3.63) is 29.3 Å². The van der Waals surface area contributed by atoms with Gasteiger partial charge in [-0.15, -0.1) is 0 Å². The summed E-state index contributed by atoms with van der Waals surface area (Å²) in [5.74, 6) is 0.960. The Morgan fingerprint density at radius 2 is 2.10 bits per heavy atom. The molecule has 0 spiro atoms. The van der Waals surface area contributed by atoms with E-state index in [1.165, 1.54) is 30.4 Å². The number of rotatable bonds is 3. The number of carbonyl (C=O) groups is 1. The van der Waals surface area contributed by atoms with Crippen molar-refractivity contribution in [1.82, 2.24) is 4.90 Å². The molecule has 1 saturated heterocycles. The molecule has 1 amide bonds. The molecule has 0 aromatic heterocycles. The third-order valence-electron chi connectivity index (χ3n) is 4.56. The monoisotopic (exact) mass is 273 g/mol. The summed E-state index contributed by atoms with van der Waals surface area (Å²) in [6.45, 7) is 3.18. The lowest BCUT2D eigenvalue weighted by Gasteiger charge is -2.33. The van der Waals surface area contributed by atoms with Crippen LogP contribution in [0.4, 0.5) is 0 Å². The average Bonchev–Trinajstić information content (AvgIpc) is 2.92. The Hall–Kier alpha value is -1.51. The number of aryl methyl sites for hydroxylation is 2. The van der Waals surface area contributed by atoms with E-state index in [4.69, 9.17) is 4.74 Å². The van der Waals surface area contributed by atoms with E-state index >= 15 is 0 Å². The number of hydrogen-bond acceptors (Lipinski definition) is 2. The largest absolute Gasteiger partial charge is 0.484 e. The normalized spacial score (nSPS) is 21.6. The minimum absolute atomic E-state index is 0.123. The van der Waals surface area contributed by atoms with Gasteiger partial charge in [0.2, 0.25) is 0 Å². The summed E-state index contributed by atoms with van der Waals surface area (Å²) in [5, 5.41) is 0. The standard InChI is InChI=1S/C17H23NO2/c1-13-5-2-3-10-18(13)17(19)12-20-16-9-8-14-6-4-7-15(14)11-16/h8-9,11,13H,2-7,10,12H2,1H3/t13-/m0/s1. The molecule has 1 heterocycles. The van der Waals surface area contributed by atoms with Gasteiger partial charge in [0.05, 0.1) is 0 Å². The fourth-order valence-electron chi connectivity index (χ4n) is 3.33. The zero-order valence-electron chi connectivity index (χ0n) is 12.2. The van der Waals surface area contributed by atoms with E-state index in [0.29, 0.717) is 6.04 Å². The van der Waals surface area contributed by atoms with E-state index in [2.05, 4.69) is 19.1 Å². The molecule has 1 fully saturated rings. The Bertz CT molecular complexity index is 498. The van der Waals surface area contributed by atoms with Crippen molar-refractivity contribution in [3.8, 4) is 5.75 Å². The van der Waals surface area contributed by atoms with E-state index in [0.717, 1.165) is 31.6 Å². The van der Waals surface area contributed by atoms with E-state index in [1.807, 2.05) is 11.0 Å². The predicted molar refractivity (Wildman–Crippen MR) is 79.0 cm³/mol. The quantitative estimate of drug-likeness (QED) is 0.847. The van der Waals surface area contributed by atoms with Gasteiger partial charge in [0.15, 0.2) is 6.61 Å². The maximum Gasteiger partial charge on any atom is 0.260 e. The van der Waals surface area contributed by atoms with Gasteiger partial charge in [-0.1, -0.05) is 6.07 Å². The fraction of sp³-hybridized carbons (Fsp3) is 0.588. The molecule has 108 valence electrons. The van der Waals surface area contributed by atoms with Crippen LogP contribution in [0.3, 0.4) is 0 Å². The van der Waals surface area contributed by atoms with Crippen molar-refractivity contribution in [2.24, 2.45) is 0 Å². The Labute approximate surface area is 120 Å². The summed E-state index contributed by atoms with van der Waals surface area (Å²) < 4.78 is 5.70. The molecule has 1 aromatic carbocycles. The number of likely N-dealkylation sites (tertiary alicyclic amines) is 1. The summed E-state index contributed by atoms with van der Waals surface area (Å²) in [5.41, 5.74) is 2.83. The SMILES string of the molecule is C[C@H]1CCCCN1C(=O)COc1ccc2c(c1)CCC2. The number of nitrogens with zero attached hydrogens (tertiary/aromatic N) is 1. The molecule has 0 N–H and O–H groups in total. The smallest absolute Gasteiger partial charge is 0.260 e. The molecule has 0 radical (unpaired) electrons. The van der Waals surface area contributed by atoms with Gasteiger partial charge in [-0.25, -0.2) is 0 Å². The highest BCUT2D eigenvalue weighted by molar-refractivity contribution is 5.78. The number of fused-ring (bicyclic) bond motifs is 1. The van der Waals surface area contributed by atoms with Gasteiger partial charge in [0.25, 0.3) is 5.91 Å². The van der Waals surface area contributed by atoms with E-state index in [1.54, 1.807) is 0 Å². The Kier molecular flexibility index (Phi) is 3.95. The van der Waals surface area contributed by atoms with Crippen LogP contribution in [0.1, 0.15) is 43.7 Å². The van der Waals surface area contributed by atoms with Crippen molar-refractivity contribution in [2.75, 3.05) is 13.2 Å². The van der Waals surface area contributed by atoms with Gasteiger partial charge in [0, 0.05) is 12.6 Å². The summed E-state index contributed by atoms with van der Waals surface area (Å²) in [4.78, 5) is 14.2. The summed E-state index contributed by atoms with van der Waals surface area (Å²) in [6, 6.07) is 6.61. The van der Waals surface area contributed by atoms with Crippen LogP contribution < -0.4 is 4.74 Å². The molecule has 3 nitrogen and oxygen atoms in total. The molecule has 2 aliphatic rings. The lowest BCUT2D eigenvalue weighted by atomic mass is 10.0. The first-order chi connectivity index (χ1) is 9.74. The lowest BCUT2D eigenvalue weighted by Crippen LogP contribution is -2.44. The van der Waals surface area contributed by atoms with Crippen molar-refractivity contribution in [1.29, 1.82) is 0 Å². The number of piperidine rings is 1. The highest BCUT2D eigenvalue weighted by Gasteiger charge is 2.23. The molecule has 0 saturated carbocycles. The minimum atomic E-state index is 0.123. The highest BCUT2D eigenvalue weighted by Crippen LogP contribution is 2.26. The minimum Gasteiger partial charge on any atom is -0.484 e. The molecule has 1 aromatic rings. The molecular weight excluding hydrogens is 250 g/mol. The number of benzene rings is 1. The molecule has 0 bridgehead atoms. The van der Waals surface area contributed by atoms with Crippen LogP contribution >= 0.6 is 0 Å². The molecule has 1 atom stereocenters. The molecule has 3 rings (SSSR count). The Morgan fingerprint density at radius 1 is 1.25 bits per heavy atom. The zero-order valence-corrected chi connectivity index (χ0v) is 12.2. The number of amides is 1. The van der Waals surface area contributed by atoms with Crippen LogP contribution in [0.5, 0.6) is 5.75 Å². The second-order valence-corrected chi connectivity index (χ2v) is 6.00. The Balaban J connectivity index is 1.57. The van der Waals surface area contributed by atoms with Crippen molar-refractivity contribution in [3.63, 3.8) is 0 Å². The second kappa shape index (κ2) is 5.86. The zero-order chi connectivity index (χ0) is 13.9. The van der Waals surface area contributed by atoms with Gasteiger partial charge >= 0.3 is 0 Å². The van der Waals surface area contributed by atoms with Crippen LogP contribution in [-0.2, 0) is 17.6 Å². The van der Waals surface area contributed by atoms with E-state index in [9.17, 15) is 4.79 Å². The average molecular weight is 273 g/mol. The maximum absolute atomic E-state index is 12.2. The van der Waals surface area contributed by atoms with Crippen LogP contribution in [0.25, 0.3) is 0 Å². The van der Waals surface area contributed by atoms with Crippen LogP contribution in [0.2, 0.25) is 0 Å². The first-order valence-electron chi connectivity index (χ1n) is 7.78. The Morgan fingerprint density at radius 3 is 2.95 bits per heavy atom. The molecule has 0 unspecified atom stereocenters. The third-order valence-corrected chi connectivity index (χ3v) is 4.56. The van der Waals surface area contributed by atoms with Crippen LogP contribution in [-0.4, -0.2) is 30.0 Å². The maximum atomic E-state index is 12.2. The second-order valence-electron chi connectivity index (χ2n) is 6.00. The highest BCUT2D eigenvalue weighted by atomic mass is 16.5. The van der Waals surface area contributed by atoms with Crippen molar-refractivity contribution in [2.45, 2.75) is 51.5 Å². The number of ether oxygens (including phenoxy) is 1. The topological polar surface area (TPSA) is 29.5 Å². The molecular formula is C17H23NO2. The summed E-state index contributed by atoms with van der Waals surface area (Å²) in [6.07, 6.45) is 7.03. The first-order valence-corrected chi connectivity index (χ1v) is 7.78. The lowest BCUT2D eigenvalue weighted by molar-refractivity contribution is -0.136. The van der Waals surface area contributed by atoms with Crippen molar-refractivity contribution >= 4 is 5.91 Å². The molecule has 3 heteroatoms.